The topological polar surface area (TPSA) is 129 Å². The number of amides is 1. The highest BCUT2D eigenvalue weighted by Gasteiger charge is 2.15. The first-order chi connectivity index (χ1) is 17.9. The van der Waals surface area contributed by atoms with E-state index in [4.69, 9.17) is 43.6 Å². The van der Waals surface area contributed by atoms with Gasteiger partial charge >= 0.3 is 6.09 Å². The van der Waals surface area contributed by atoms with Crippen molar-refractivity contribution in [3.05, 3.63) is 29.8 Å². The van der Waals surface area contributed by atoms with Crippen molar-refractivity contribution in [2.24, 2.45) is 5.73 Å². The molecule has 0 bridgehead atoms. The normalized spacial score (nSPS) is 11.5. The fourth-order valence-electron chi connectivity index (χ4n) is 2.70. The average molecular weight is 531 g/mol. The number of nitrogens with one attached hydrogen (secondary N) is 1. The molecule has 0 aliphatic heterocycles. The zero-order chi connectivity index (χ0) is 27.0. The van der Waals surface area contributed by atoms with Crippen LogP contribution in [0.5, 0.6) is 5.75 Å². The lowest BCUT2D eigenvalue weighted by Crippen LogP contribution is -2.32. The van der Waals surface area contributed by atoms with Crippen LogP contribution >= 0.6 is 0 Å². The van der Waals surface area contributed by atoms with Gasteiger partial charge in [0.2, 0.25) is 0 Å². The molecule has 0 aliphatic carbocycles. The summed E-state index contributed by atoms with van der Waals surface area (Å²) in [6, 6.07) is 7.51. The zero-order valence-corrected chi connectivity index (χ0v) is 22.7. The van der Waals surface area contributed by atoms with E-state index in [1.54, 1.807) is 0 Å². The minimum atomic E-state index is -0.516. The van der Waals surface area contributed by atoms with Gasteiger partial charge in [-0.15, -0.1) is 0 Å². The zero-order valence-electron chi connectivity index (χ0n) is 22.7. The fourth-order valence-corrected chi connectivity index (χ4v) is 2.70. The van der Waals surface area contributed by atoms with E-state index < -0.39 is 11.7 Å². The van der Waals surface area contributed by atoms with Crippen molar-refractivity contribution in [3.63, 3.8) is 0 Å². The molecule has 0 aromatic heterocycles. The van der Waals surface area contributed by atoms with Gasteiger partial charge in [0.25, 0.3) is 0 Å². The largest absolute Gasteiger partial charge is 0.491 e. The number of nitrogens with two attached hydrogens (primary N) is 1. The summed E-state index contributed by atoms with van der Waals surface area (Å²) in [7, 11) is 0. The molecule has 11 nitrogen and oxygen atoms in total. The number of ether oxygens (including phenoxy) is 8. The lowest BCUT2D eigenvalue weighted by Gasteiger charge is -2.19. The highest BCUT2D eigenvalue weighted by Crippen LogP contribution is 2.12. The van der Waals surface area contributed by atoms with Crippen molar-refractivity contribution in [2.75, 3.05) is 92.4 Å². The maximum Gasteiger partial charge on any atom is 0.407 e. The molecule has 3 N–H and O–H groups in total. The molecule has 0 heterocycles. The van der Waals surface area contributed by atoms with Crippen LogP contribution in [0, 0.1) is 0 Å². The van der Waals surface area contributed by atoms with Crippen molar-refractivity contribution in [1.29, 1.82) is 0 Å². The molecule has 0 unspecified atom stereocenters. The summed E-state index contributed by atoms with van der Waals surface area (Å²) in [6.45, 7) is 13.0. The molecule has 0 fully saturated rings. The third kappa shape index (κ3) is 21.8. The van der Waals surface area contributed by atoms with Crippen LogP contribution in [0.3, 0.4) is 0 Å². The molecule has 0 spiro atoms. The second kappa shape index (κ2) is 22.0. The number of carbonyl (C=O) groups is 1. The van der Waals surface area contributed by atoms with Crippen LogP contribution in [-0.4, -0.2) is 104 Å². The molecule has 0 saturated carbocycles. The molecule has 11 heteroatoms. The third-order valence-corrected chi connectivity index (χ3v) is 4.38. The van der Waals surface area contributed by atoms with E-state index in [1.807, 2.05) is 45.0 Å². The summed E-state index contributed by atoms with van der Waals surface area (Å²) in [5.74, 6) is 0.738. The van der Waals surface area contributed by atoms with Gasteiger partial charge in [0.05, 0.1) is 79.3 Å². The lowest BCUT2D eigenvalue weighted by atomic mass is 10.2. The number of rotatable bonds is 23. The van der Waals surface area contributed by atoms with Gasteiger partial charge < -0.3 is 48.9 Å². The van der Waals surface area contributed by atoms with Crippen LogP contribution in [0.1, 0.15) is 26.3 Å². The SMILES string of the molecule is CC(C)(C)OC(=O)NCc1ccc(OCCOCCOCCOCCOCCOCCOCCN)cc1. The summed E-state index contributed by atoms with van der Waals surface area (Å²) in [5.41, 5.74) is 5.76. The van der Waals surface area contributed by atoms with Crippen molar-refractivity contribution < 1.29 is 42.7 Å². The average Bonchev–Trinajstić information content (AvgIpc) is 2.86. The van der Waals surface area contributed by atoms with E-state index in [0.717, 1.165) is 11.3 Å². The Kier molecular flexibility index (Phi) is 19.7. The van der Waals surface area contributed by atoms with Crippen LogP contribution in [0.4, 0.5) is 4.79 Å². The second-order valence-electron chi connectivity index (χ2n) is 8.81. The van der Waals surface area contributed by atoms with Crippen molar-refractivity contribution in [2.45, 2.75) is 32.9 Å². The van der Waals surface area contributed by atoms with E-state index in [9.17, 15) is 4.79 Å². The molecule has 0 aliphatic rings. The summed E-state index contributed by atoms with van der Waals surface area (Å²) in [5, 5.41) is 2.73. The molecule has 37 heavy (non-hydrogen) atoms. The van der Waals surface area contributed by atoms with Gasteiger partial charge in [0, 0.05) is 13.1 Å². The monoisotopic (exact) mass is 530 g/mol. The Labute approximate surface area is 221 Å². The van der Waals surface area contributed by atoms with Gasteiger partial charge in [-0.3, -0.25) is 0 Å². The Morgan fingerprint density at radius 3 is 1.49 bits per heavy atom. The number of alkyl carbamates (subject to hydrolysis) is 1. The maximum absolute atomic E-state index is 11.7. The van der Waals surface area contributed by atoms with Gasteiger partial charge in [0.15, 0.2) is 0 Å². The van der Waals surface area contributed by atoms with E-state index in [-0.39, 0.29) is 0 Å². The summed E-state index contributed by atoms with van der Waals surface area (Å²) in [4.78, 5) is 11.7. The first kappa shape index (κ1) is 33.0. The maximum atomic E-state index is 11.7. The molecule has 1 amide bonds. The number of hydrogen-bond acceptors (Lipinski definition) is 10. The molecular weight excluding hydrogens is 484 g/mol. The van der Waals surface area contributed by atoms with Crippen LogP contribution in [0.15, 0.2) is 24.3 Å². The highest BCUT2D eigenvalue weighted by molar-refractivity contribution is 5.67. The van der Waals surface area contributed by atoms with Gasteiger partial charge in [0.1, 0.15) is 18.0 Å². The quantitative estimate of drug-likeness (QED) is 0.203. The second-order valence-corrected chi connectivity index (χ2v) is 8.81. The van der Waals surface area contributed by atoms with E-state index >= 15 is 0 Å². The Bertz CT molecular complexity index is 669. The smallest absolute Gasteiger partial charge is 0.407 e. The summed E-state index contributed by atoms with van der Waals surface area (Å²) in [6.07, 6.45) is -0.439. The van der Waals surface area contributed by atoms with Gasteiger partial charge in [-0.25, -0.2) is 4.79 Å². The molecule has 0 saturated heterocycles. The molecule has 214 valence electrons. The van der Waals surface area contributed by atoms with Gasteiger partial charge in [-0.05, 0) is 38.5 Å². The summed E-state index contributed by atoms with van der Waals surface area (Å²) < 4.78 is 43.3. The minimum absolute atomic E-state index is 0.388. The van der Waals surface area contributed by atoms with Crippen LogP contribution in [-0.2, 0) is 39.7 Å². The first-order valence-electron chi connectivity index (χ1n) is 12.8. The molecule has 1 rings (SSSR count). The Morgan fingerprint density at radius 1 is 0.676 bits per heavy atom. The number of benzene rings is 1. The van der Waals surface area contributed by atoms with Crippen molar-refractivity contribution in [3.8, 4) is 5.75 Å². The Morgan fingerprint density at radius 2 is 1.08 bits per heavy atom. The fraction of sp³-hybridized carbons (Fsp3) is 0.731. The highest BCUT2D eigenvalue weighted by atomic mass is 16.6. The molecule has 1 aromatic rings. The predicted molar refractivity (Wildman–Crippen MR) is 139 cm³/mol. The molecule has 1 aromatic carbocycles. The Hall–Kier alpha value is -1.99. The minimum Gasteiger partial charge on any atom is -0.491 e. The van der Waals surface area contributed by atoms with Gasteiger partial charge in [-0.1, -0.05) is 12.1 Å². The molecule has 0 radical (unpaired) electrons. The number of carbonyl (C=O) groups excluding carboxylic acids is 1. The van der Waals surface area contributed by atoms with Crippen LogP contribution < -0.4 is 15.8 Å². The Balaban J connectivity index is 1.85. The van der Waals surface area contributed by atoms with Crippen LogP contribution in [0.2, 0.25) is 0 Å². The molecule has 0 atom stereocenters. The van der Waals surface area contributed by atoms with E-state index in [2.05, 4.69) is 5.32 Å². The predicted octanol–water partition coefficient (Wildman–Crippen LogP) is 2.15. The third-order valence-electron chi connectivity index (χ3n) is 4.38. The first-order valence-corrected chi connectivity index (χ1v) is 12.8. The summed E-state index contributed by atoms with van der Waals surface area (Å²) >= 11 is 0. The van der Waals surface area contributed by atoms with Crippen LogP contribution in [0.25, 0.3) is 0 Å². The molecular formula is C26H46N2O9. The number of hydrogen-bond donors (Lipinski definition) is 2. The van der Waals surface area contributed by atoms with E-state index in [1.165, 1.54) is 0 Å². The van der Waals surface area contributed by atoms with Crippen molar-refractivity contribution in [1.82, 2.24) is 5.32 Å². The standard InChI is InChI=1S/C26H46N2O9/c1-26(2,3)37-25(29)28-22-23-4-6-24(7-5-23)36-21-20-35-19-18-34-17-16-33-15-14-32-13-12-31-11-10-30-9-8-27/h4-7H,8-22,27H2,1-3H3,(H,28,29). The van der Waals surface area contributed by atoms with Crippen molar-refractivity contribution >= 4 is 6.09 Å². The van der Waals surface area contributed by atoms with E-state index in [0.29, 0.717) is 99.0 Å². The van der Waals surface area contributed by atoms with Gasteiger partial charge in [-0.2, -0.15) is 0 Å². The lowest BCUT2D eigenvalue weighted by molar-refractivity contribution is -0.0175.